The van der Waals surface area contributed by atoms with E-state index in [2.05, 4.69) is 28.3 Å². The lowest BCUT2D eigenvalue weighted by molar-refractivity contribution is 0.164. The van der Waals surface area contributed by atoms with Gasteiger partial charge in [-0.05, 0) is 25.8 Å². The van der Waals surface area contributed by atoms with Crippen LogP contribution in [0.15, 0.2) is 41.6 Å². The van der Waals surface area contributed by atoms with Gasteiger partial charge in [0.2, 0.25) is 0 Å². The summed E-state index contributed by atoms with van der Waals surface area (Å²) in [5.74, 6) is 0.438. The predicted octanol–water partition coefficient (Wildman–Crippen LogP) is 0.993. The van der Waals surface area contributed by atoms with Crippen molar-refractivity contribution >= 4 is 6.03 Å². The van der Waals surface area contributed by atoms with Crippen LogP contribution in [0.25, 0.3) is 0 Å². The summed E-state index contributed by atoms with van der Waals surface area (Å²) < 4.78 is 0. The number of nitrogens with zero attached hydrogens (tertiary/aromatic N) is 1. The summed E-state index contributed by atoms with van der Waals surface area (Å²) in [6.07, 6.45) is 0.788. The number of hydrazine groups is 1. The van der Waals surface area contributed by atoms with Gasteiger partial charge in [-0.15, -0.1) is 0 Å². The fourth-order valence-corrected chi connectivity index (χ4v) is 3.68. The largest absolute Gasteiger partial charge is 0.335 e. The molecule has 4 rings (SSSR count). The molecule has 0 saturated heterocycles. The summed E-state index contributed by atoms with van der Waals surface area (Å²) in [7, 11) is 0. The first-order valence-electron chi connectivity index (χ1n) is 8.12. The van der Waals surface area contributed by atoms with Crippen molar-refractivity contribution in [2.24, 2.45) is 5.73 Å². The summed E-state index contributed by atoms with van der Waals surface area (Å²) in [5, 5.41) is 3.18. The quantitative estimate of drug-likeness (QED) is 0.656. The summed E-state index contributed by atoms with van der Waals surface area (Å²) in [6, 6.07) is 10.6. The van der Waals surface area contributed by atoms with Crippen LogP contribution < -0.4 is 21.9 Å². The molecule has 1 aromatic rings. The van der Waals surface area contributed by atoms with Crippen molar-refractivity contribution in [1.82, 2.24) is 21.1 Å². The minimum Gasteiger partial charge on any atom is -0.335 e. The Balaban J connectivity index is 1.42. The van der Waals surface area contributed by atoms with Crippen molar-refractivity contribution in [1.29, 1.82) is 0 Å². The van der Waals surface area contributed by atoms with Crippen LogP contribution >= 0.6 is 0 Å². The Bertz CT molecular complexity index is 669. The number of carbonyl (C=O) groups is 1. The van der Waals surface area contributed by atoms with Gasteiger partial charge in [0.25, 0.3) is 0 Å². The molecule has 1 aromatic carbocycles. The van der Waals surface area contributed by atoms with Gasteiger partial charge in [0.15, 0.2) is 0 Å². The number of hydrogen-bond donors (Lipinski definition) is 4. The lowest BCUT2D eigenvalue weighted by Crippen LogP contribution is -2.55. The average molecular weight is 313 g/mol. The third-order valence-electron chi connectivity index (χ3n) is 5.24. The highest BCUT2D eigenvalue weighted by Crippen LogP contribution is 2.41. The van der Waals surface area contributed by atoms with Crippen LogP contribution in [0.5, 0.6) is 0 Å². The number of amides is 2. The van der Waals surface area contributed by atoms with E-state index in [4.69, 9.17) is 5.73 Å². The Morgan fingerprint density at radius 1 is 1.35 bits per heavy atom. The van der Waals surface area contributed by atoms with Crippen molar-refractivity contribution in [2.45, 2.75) is 43.9 Å². The Hall–Kier alpha value is -2.05. The highest BCUT2D eigenvalue weighted by Gasteiger charge is 2.48. The highest BCUT2D eigenvalue weighted by atomic mass is 16.2. The second-order valence-electron chi connectivity index (χ2n) is 7.10. The maximum absolute atomic E-state index is 12.7. The first-order valence-corrected chi connectivity index (χ1v) is 8.12. The van der Waals surface area contributed by atoms with Crippen molar-refractivity contribution < 1.29 is 4.79 Å². The van der Waals surface area contributed by atoms with Gasteiger partial charge in [0.1, 0.15) is 0 Å². The molecule has 6 heteroatoms. The third-order valence-corrected chi connectivity index (χ3v) is 5.24. The van der Waals surface area contributed by atoms with Crippen LogP contribution in [0.3, 0.4) is 0 Å². The van der Waals surface area contributed by atoms with E-state index in [1.165, 1.54) is 5.56 Å². The second kappa shape index (κ2) is 4.97. The molecule has 1 fully saturated rings. The molecule has 0 radical (unpaired) electrons. The van der Waals surface area contributed by atoms with Gasteiger partial charge in [-0.25, -0.2) is 10.2 Å². The Morgan fingerprint density at radius 3 is 2.78 bits per heavy atom. The molecule has 122 valence electrons. The molecular weight excluding hydrogens is 290 g/mol. The topological polar surface area (TPSA) is 82.4 Å². The van der Waals surface area contributed by atoms with Crippen molar-refractivity contribution in [3.05, 3.63) is 47.2 Å². The number of rotatable bonds is 2. The highest BCUT2D eigenvalue weighted by molar-refractivity contribution is 5.78. The second-order valence-corrected chi connectivity index (χ2v) is 7.10. The first-order chi connectivity index (χ1) is 11.0. The fourth-order valence-electron chi connectivity index (χ4n) is 3.68. The van der Waals surface area contributed by atoms with Gasteiger partial charge < -0.3 is 21.4 Å². The molecule has 3 atom stereocenters. The van der Waals surface area contributed by atoms with Crippen LogP contribution in [0.4, 0.5) is 4.79 Å². The van der Waals surface area contributed by atoms with E-state index in [9.17, 15) is 4.79 Å². The Kier molecular flexibility index (Phi) is 3.14. The predicted molar refractivity (Wildman–Crippen MR) is 88.2 cm³/mol. The molecule has 0 spiro atoms. The zero-order chi connectivity index (χ0) is 16.2. The van der Waals surface area contributed by atoms with Crippen molar-refractivity contribution in [3.8, 4) is 0 Å². The van der Waals surface area contributed by atoms with Gasteiger partial charge in [-0.1, -0.05) is 30.3 Å². The van der Waals surface area contributed by atoms with E-state index >= 15 is 0 Å². The summed E-state index contributed by atoms with van der Waals surface area (Å²) >= 11 is 0. The molecule has 0 aromatic heterocycles. The SMILES string of the molecule is CC1(C)C2=C(CN1C(=O)NC1C[C@@H]1c1ccccc1)C(N)NN2. The van der Waals surface area contributed by atoms with Gasteiger partial charge in [-0.3, -0.25) is 0 Å². The number of urea groups is 1. The van der Waals surface area contributed by atoms with E-state index in [0.29, 0.717) is 12.5 Å². The maximum atomic E-state index is 12.7. The molecule has 6 nitrogen and oxygen atoms in total. The number of nitrogens with two attached hydrogens (primary N) is 1. The van der Waals surface area contributed by atoms with Crippen LogP contribution in [0.1, 0.15) is 31.7 Å². The molecule has 0 bridgehead atoms. The normalized spacial score (nSPS) is 30.9. The minimum atomic E-state index is -0.377. The zero-order valence-electron chi connectivity index (χ0n) is 13.5. The maximum Gasteiger partial charge on any atom is 0.318 e. The summed E-state index contributed by atoms with van der Waals surface area (Å²) in [5.41, 5.74) is 15.2. The Labute approximate surface area is 136 Å². The number of carbonyl (C=O) groups excluding carboxylic acids is 1. The number of nitrogens with one attached hydrogen (secondary N) is 3. The van der Waals surface area contributed by atoms with E-state index in [0.717, 1.165) is 17.7 Å². The summed E-state index contributed by atoms with van der Waals surface area (Å²) in [4.78, 5) is 14.6. The molecule has 2 heterocycles. The molecular formula is C17H23N5O. The standard InChI is InChI=1S/C17H23N5O/c1-17(2)14-12(15(18)21-20-14)9-22(17)16(23)19-13-8-11(13)10-6-4-3-5-7-10/h3-7,11,13,15,20-21H,8-9,18H2,1-2H3,(H,19,23)/t11-,13?,15?/m1/s1. The first kappa shape index (κ1) is 14.5. The smallest absolute Gasteiger partial charge is 0.318 e. The van der Waals surface area contributed by atoms with Crippen molar-refractivity contribution in [2.75, 3.05) is 6.54 Å². The number of hydrogen-bond acceptors (Lipinski definition) is 4. The van der Waals surface area contributed by atoms with E-state index < -0.39 is 0 Å². The average Bonchev–Trinajstić information content (AvgIpc) is 3.10. The van der Waals surface area contributed by atoms with Crippen molar-refractivity contribution in [3.63, 3.8) is 0 Å². The lowest BCUT2D eigenvalue weighted by atomic mass is 10.0. The molecule has 1 aliphatic carbocycles. The zero-order valence-corrected chi connectivity index (χ0v) is 13.5. The van der Waals surface area contributed by atoms with E-state index in [-0.39, 0.29) is 23.8 Å². The van der Waals surface area contributed by atoms with Crippen LogP contribution in [-0.4, -0.2) is 35.2 Å². The summed E-state index contributed by atoms with van der Waals surface area (Å²) in [6.45, 7) is 4.66. The monoisotopic (exact) mass is 313 g/mol. The molecule has 2 aliphatic heterocycles. The fraction of sp³-hybridized carbons (Fsp3) is 0.471. The van der Waals surface area contributed by atoms with Gasteiger partial charge >= 0.3 is 6.03 Å². The molecule has 2 amide bonds. The molecule has 23 heavy (non-hydrogen) atoms. The molecule has 1 saturated carbocycles. The third kappa shape index (κ3) is 2.29. The minimum absolute atomic E-state index is 0.0122. The van der Waals surface area contributed by atoms with E-state index in [1.54, 1.807) is 0 Å². The van der Waals surface area contributed by atoms with Crippen LogP contribution in [-0.2, 0) is 0 Å². The lowest BCUT2D eigenvalue weighted by Gasteiger charge is -2.35. The molecule has 5 N–H and O–H groups in total. The number of benzene rings is 1. The van der Waals surface area contributed by atoms with Gasteiger partial charge in [0.05, 0.1) is 17.4 Å². The molecule has 3 aliphatic rings. The van der Waals surface area contributed by atoms with E-state index in [1.807, 2.05) is 36.9 Å². The van der Waals surface area contributed by atoms with Gasteiger partial charge in [-0.2, -0.15) is 0 Å². The van der Waals surface area contributed by atoms with Crippen LogP contribution in [0.2, 0.25) is 0 Å². The van der Waals surface area contributed by atoms with Crippen LogP contribution in [0, 0.1) is 0 Å². The molecule has 2 unspecified atom stereocenters. The van der Waals surface area contributed by atoms with Gasteiger partial charge in [0, 0.05) is 24.1 Å². The Morgan fingerprint density at radius 2 is 2.09 bits per heavy atom.